The molecule has 0 aliphatic rings. The van der Waals surface area contributed by atoms with Crippen molar-refractivity contribution in [2.45, 2.75) is 25.3 Å². The fourth-order valence-corrected chi connectivity index (χ4v) is 2.70. The lowest BCUT2D eigenvalue weighted by Crippen LogP contribution is -2.11. The van der Waals surface area contributed by atoms with E-state index in [0.29, 0.717) is 0 Å². The normalized spacial score (nSPS) is 12.4. The lowest BCUT2D eigenvalue weighted by Gasteiger charge is -2.08. The molecule has 0 spiro atoms. The zero-order valence-corrected chi connectivity index (χ0v) is 11.3. The summed E-state index contributed by atoms with van der Waals surface area (Å²) in [6, 6.07) is 10.2. The predicted molar refractivity (Wildman–Crippen MR) is 75.7 cm³/mol. The number of rotatable bonds is 5. The maximum absolute atomic E-state index is 6.13. The maximum atomic E-state index is 6.13. The number of halogens is 1. The van der Waals surface area contributed by atoms with E-state index in [9.17, 15) is 0 Å². The average Bonchev–Trinajstić information content (AvgIpc) is 2.79. The number of anilines is 1. The number of nitrogens with zero attached hydrogens (tertiary/aromatic N) is 1. The van der Waals surface area contributed by atoms with Crippen LogP contribution in [0.1, 0.15) is 19.8 Å². The molecule has 2 aromatic rings. The summed E-state index contributed by atoms with van der Waals surface area (Å²) in [5.74, 6) is 0. The van der Waals surface area contributed by atoms with Gasteiger partial charge in [0, 0.05) is 10.9 Å². The van der Waals surface area contributed by atoms with E-state index in [4.69, 9.17) is 11.6 Å². The molecule has 17 heavy (non-hydrogen) atoms. The largest absolute Gasteiger partial charge is 0.345 e. The fourth-order valence-electron chi connectivity index (χ4n) is 1.54. The molecule has 1 heterocycles. The van der Waals surface area contributed by atoms with Crippen molar-refractivity contribution in [1.82, 2.24) is 4.98 Å². The zero-order valence-electron chi connectivity index (χ0n) is 9.69. The van der Waals surface area contributed by atoms with E-state index in [-0.39, 0.29) is 5.50 Å². The first-order valence-corrected chi connectivity index (χ1v) is 7.02. The first-order chi connectivity index (χ1) is 8.29. The Balaban J connectivity index is 2.06. The first kappa shape index (κ1) is 12.4. The molecule has 0 radical (unpaired) electrons. The molecule has 1 N–H and O–H groups in total. The van der Waals surface area contributed by atoms with Crippen LogP contribution in [0.15, 0.2) is 35.7 Å². The van der Waals surface area contributed by atoms with Crippen LogP contribution >= 0.6 is 22.9 Å². The highest BCUT2D eigenvalue weighted by Crippen LogP contribution is 2.25. The molecule has 0 saturated carbocycles. The summed E-state index contributed by atoms with van der Waals surface area (Å²) in [5, 5.41) is 6.14. The van der Waals surface area contributed by atoms with Gasteiger partial charge in [-0.2, -0.15) is 0 Å². The quantitative estimate of drug-likeness (QED) is 0.633. The SMILES string of the molecule is CCCC(Cl)Nc1nc(-c2ccccc2)cs1. The molecule has 0 bridgehead atoms. The van der Waals surface area contributed by atoms with Crippen molar-refractivity contribution in [3.63, 3.8) is 0 Å². The summed E-state index contributed by atoms with van der Waals surface area (Å²) in [6.45, 7) is 2.12. The second kappa shape index (κ2) is 6.03. The molecule has 0 aliphatic carbocycles. The predicted octanol–water partition coefficient (Wildman–Crippen LogP) is 4.59. The number of hydrogen-bond acceptors (Lipinski definition) is 3. The van der Waals surface area contributed by atoms with E-state index >= 15 is 0 Å². The highest BCUT2D eigenvalue weighted by atomic mass is 35.5. The number of aromatic nitrogens is 1. The molecule has 1 aromatic carbocycles. The standard InChI is InChI=1S/C13H15ClN2S/c1-2-6-12(14)16-13-15-11(9-17-13)10-7-4-3-5-8-10/h3-5,7-9,12H,2,6H2,1H3,(H,15,16). The maximum Gasteiger partial charge on any atom is 0.184 e. The molecule has 0 aliphatic heterocycles. The van der Waals surface area contributed by atoms with Crippen LogP contribution in [-0.2, 0) is 0 Å². The molecular formula is C13H15ClN2S. The van der Waals surface area contributed by atoms with E-state index in [1.807, 2.05) is 23.6 Å². The average molecular weight is 267 g/mol. The van der Waals surface area contributed by atoms with Gasteiger partial charge in [0.2, 0.25) is 0 Å². The number of alkyl halides is 1. The zero-order chi connectivity index (χ0) is 12.1. The van der Waals surface area contributed by atoms with Crippen LogP contribution < -0.4 is 5.32 Å². The van der Waals surface area contributed by atoms with Crippen molar-refractivity contribution in [2.24, 2.45) is 0 Å². The number of thiazole rings is 1. The summed E-state index contributed by atoms with van der Waals surface area (Å²) in [7, 11) is 0. The molecule has 2 rings (SSSR count). The van der Waals surface area contributed by atoms with Gasteiger partial charge >= 0.3 is 0 Å². The summed E-state index contributed by atoms with van der Waals surface area (Å²) in [4.78, 5) is 4.53. The molecular weight excluding hydrogens is 252 g/mol. The van der Waals surface area contributed by atoms with Crippen LogP contribution in [0, 0.1) is 0 Å². The van der Waals surface area contributed by atoms with E-state index in [2.05, 4.69) is 29.4 Å². The molecule has 0 fully saturated rings. The van der Waals surface area contributed by atoms with Crippen molar-refractivity contribution in [3.8, 4) is 11.3 Å². The minimum Gasteiger partial charge on any atom is -0.345 e. The summed E-state index contributed by atoms with van der Waals surface area (Å²) >= 11 is 7.72. The third-order valence-electron chi connectivity index (χ3n) is 2.40. The second-order valence-corrected chi connectivity index (χ2v) is 5.19. The topological polar surface area (TPSA) is 24.9 Å². The Kier molecular flexibility index (Phi) is 4.40. The number of benzene rings is 1. The van der Waals surface area contributed by atoms with Crippen molar-refractivity contribution >= 4 is 28.1 Å². The van der Waals surface area contributed by atoms with E-state index in [0.717, 1.165) is 29.2 Å². The Morgan fingerprint density at radius 1 is 1.35 bits per heavy atom. The monoisotopic (exact) mass is 266 g/mol. The van der Waals surface area contributed by atoms with E-state index < -0.39 is 0 Å². The summed E-state index contributed by atoms with van der Waals surface area (Å²) < 4.78 is 0. The molecule has 1 aromatic heterocycles. The lowest BCUT2D eigenvalue weighted by molar-refractivity contribution is 0.788. The molecule has 1 unspecified atom stereocenters. The Bertz CT molecular complexity index is 455. The Hall–Kier alpha value is -1.06. The highest BCUT2D eigenvalue weighted by Gasteiger charge is 2.07. The minimum atomic E-state index is -0.0326. The third kappa shape index (κ3) is 3.45. The van der Waals surface area contributed by atoms with Gasteiger partial charge in [0.25, 0.3) is 0 Å². The van der Waals surface area contributed by atoms with Gasteiger partial charge in [-0.3, -0.25) is 0 Å². The van der Waals surface area contributed by atoms with Gasteiger partial charge in [0.1, 0.15) is 5.50 Å². The van der Waals surface area contributed by atoms with E-state index in [1.54, 1.807) is 11.3 Å². The van der Waals surface area contributed by atoms with Gasteiger partial charge in [-0.25, -0.2) is 4.98 Å². The molecule has 90 valence electrons. The second-order valence-electron chi connectivity index (χ2n) is 3.80. The minimum absolute atomic E-state index is 0.0326. The van der Waals surface area contributed by atoms with Crippen LogP contribution in [-0.4, -0.2) is 10.5 Å². The van der Waals surface area contributed by atoms with Gasteiger partial charge in [-0.05, 0) is 6.42 Å². The van der Waals surface area contributed by atoms with Gasteiger partial charge in [0.15, 0.2) is 5.13 Å². The molecule has 0 saturated heterocycles. The van der Waals surface area contributed by atoms with E-state index in [1.165, 1.54) is 0 Å². The first-order valence-electron chi connectivity index (χ1n) is 5.71. The summed E-state index contributed by atoms with van der Waals surface area (Å²) in [5.41, 5.74) is 2.10. The van der Waals surface area contributed by atoms with Crippen molar-refractivity contribution < 1.29 is 0 Å². The van der Waals surface area contributed by atoms with Gasteiger partial charge in [-0.1, -0.05) is 55.3 Å². The summed E-state index contributed by atoms with van der Waals surface area (Å²) in [6.07, 6.45) is 2.01. The highest BCUT2D eigenvalue weighted by molar-refractivity contribution is 7.14. The van der Waals surface area contributed by atoms with Gasteiger partial charge in [-0.15, -0.1) is 11.3 Å². The van der Waals surface area contributed by atoms with Crippen molar-refractivity contribution in [1.29, 1.82) is 0 Å². The van der Waals surface area contributed by atoms with Crippen LogP contribution in [0.25, 0.3) is 11.3 Å². The molecule has 2 nitrogen and oxygen atoms in total. The number of hydrogen-bond donors (Lipinski definition) is 1. The van der Waals surface area contributed by atoms with Crippen molar-refractivity contribution in [2.75, 3.05) is 5.32 Å². The third-order valence-corrected chi connectivity index (χ3v) is 3.50. The Labute approximate surface area is 111 Å². The molecule has 1 atom stereocenters. The van der Waals surface area contributed by atoms with Crippen LogP contribution in [0.2, 0.25) is 0 Å². The fraction of sp³-hybridized carbons (Fsp3) is 0.308. The van der Waals surface area contributed by atoms with Gasteiger partial charge in [0.05, 0.1) is 5.69 Å². The Morgan fingerprint density at radius 2 is 2.12 bits per heavy atom. The lowest BCUT2D eigenvalue weighted by atomic mass is 10.2. The molecule has 0 amide bonds. The van der Waals surface area contributed by atoms with Crippen LogP contribution in [0.5, 0.6) is 0 Å². The molecule has 4 heteroatoms. The van der Waals surface area contributed by atoms with Crippen LogP contribution in [0.4, 0.5) is 5.13 Å². The van der Waals surface area contributed by atoms with Crippen LogP contribution in [0.3, 0.4) is 0 Å². The van der Waals surface area contributed by atoms with Gasteiger partial charge < -0.3 is 5.32 Å². The van der Waals surface area contributed by atoms with Crippen molar-refractivity contribution in [3.05, 3.63) is 35.7 Å². The smallest absolute Gasteiger partial charge is 0.184 e. The Morgan fingerprint density at radius 3 is 2.82 bits per heavy atom. The number of nitrogens with one attached hydrogen (secondary N) is 1.